The molecule has 1 unspecified atom stereocenters. The van der Waals surface area contributed by atoms with Crippen molar-refractivity contribution in [2.75, 3.05) is 13.3 Å². The fraction of sp³-hybridized carbons (Fsp3) is 0.533. The van der Waals surface area contributed by atoms with Crippen LogP contribution < -0.4 is 10.2 Å². The summed E-state index contributed by atoms with van der Waals surface area (Å²) in [7, 11) is 0. The van der Waals surface area contributed by atoms with Crippen molar-refractivity contribution in [3.05, 3.63) is 35.4 Å². The van der Waals surface area contributed by atoms with Gasteiger partial charge in [-0.15, -0.1) is 0 Å². The van der Waals surface area contributed by atoms with Crippen LogP contribution in [0.1, 0.15) is 31.9 Å². The zero-order valence-corrected chi connectivity index (χ0v) is 13.1. The number of aliphatic imine (C=N–C) groups is 1. The molecule has 0 radical (unpaired) electrons. The van der Waals surface area contributed by atoms with Gasteiger partial charge in [0.1, 0.15) is 0 Å². The molecule has 2 N–H and O–H groups in total. The normalized spacial score (nSPS) is 19.8. The number of aryl methyl sites for hydroxylation is 1. The average Bonchev–Trinajstić information content (AvgIpc) is 2.37. The van der Waals surface area contributed by atoms with E-state index in [1.54, 1.807) is 11.8 Å². The smallest absolute Gasteiger partial charge is 0.175 e. The van der Waals surface area contributed by atoms with Gasteiger partial charge in [-0.2, -0.15) is 0 Å². The van der Waals surface area contributed by atoms with Gasteiger partial charge >= 0.3 is 0 Å². The number of rotatable bonds is 2. The topological polar surface area (TPSA) is 28.8 Å². The van der Waals surface area contributed by atoms with E-state index in [1.807, 2.05) is 0 Å². The minimum absolute atomic E-state index is 0.254. The fourth-order valence-corrected chi connectivity index (χ4v) is 2.72. The highest BCUT2D eigenvalue weighted by molar-refractivity contribution is 8.13. The molecular weight excluding hydrogens is 254 g/mol. The first kappa shape index (κ1) is 14.4. The molecule has 0 amide bonds. The number of thioether (sulfide) groups is 1. The summed E-state index contributed by atoms with van der Waals surface area (Å²) in [5, 5.41) is 4.51. The second kappa shape index (κ2) is 5.97. The highest BCUT2D eigenvalue weighted by Gasteiger charge is 2.27. The van der Waals surface area contributed by atoms with Crippen LogP contribution in [0, 0.1) is 6.92 Å². The summed E-state index contributed by atoms with van der Waals surface area (Å²) in [4.78, 5) is 6.12. The fourth-order valence-electron chi connectivity index (χ4n) is 1.90. The van der Waals surface area contributed by atoms with Crippen molar-refractivity contribution in [3.8, 4) is 0 Å². The first-order valence-electron chi connectivity index (χ1n) is 6.77. The van der Waals surface area contributed by atoms with Crippen molar-refractivity contribution in [3.63, 3.8) is 0 Å². The monoisotopic (exact) mass is 278 g/mol. The van der Waals surface area contributed by atoms with E-state index in [0.717, 1.165) is 24.3 Å². The predicted octanol–water partition coefficient (Wildman–Crippen LogP) is 1.79. The first-order chi connectivity index (χ1) is 8.95. The predicted molar refractivity (Wildman–Crippen MR) is 83.5 cm³/mol. The van der Waals surface area contributed by atoms with Crippen LogP contribution in [0.25, 0.3) is 0 Å². The van der Waals surface area contributed by atoms with Crippen molar-refractivity contribution in [2.24, 2.45) is 4.99 Å². The Kier molecular flexibility index (Phi) is 4.53. The molecule has 0 fully saturated rings. The van der Waals surface area contributed by atoms with E-state index < -0.39 is 0 Å². The number of amidine groups is 1. The summed E-state index contributed by atoms with van der Waals surface area (Å²) < 4.78 is 0. The molecule has 4 heteroatoms. The molecule has 0 saturated carbocycles. The molecule has 0 aromatic heterocycles. The van der Waals surface area contributed by atoms with Gasteiger partial charge in [-0.1, -0.05) is 41.6 Å². The molecule has 0 aliphatic carbocycles. The molecule has 0 saturated heterocycles. The van der Waals surface area contributed by atoms with E-state index in [1.165, 1.54) is 16.0 Å². The van der Waals surface area contributed by atoms with Gasteiger partial charge in [0.15, 0.2) is 18.5 Å². The van der Waals surface area contributed by atoms with Crippen molar-refractivity contribution in [1.29, 1.82) is 0 Å². The lowest BCUT2D eigenvalue weighted by Gasteiger charge is -2.33. The summed E-state index contributed by atoms with van der Waals surface area (Å²) in [6, 6.07) is 8.71. The maximum atomic E-state index is 4.64. The van der Waals surface area contributed by atoms with Gasteiger partial charge in [-0.05, 0) is 33.3 Å². The van der Waals surface area contributed by atoms with Gasteiger partial charge in [-0.25, -0.2) is 4.99 Å². The third-order valence-corrected chi connectivity index (χ3v) is 4.45. The third-order valence-electron chi connectivity index (χ3n) is 3.42. The minimum Gasteiger partial charge on any atom is -0.318 e. The molecule has 1 heterocycles. The Morgan fingerprint density at radius 1 is 1.26 bits per heavy atom. The molecule has 104 valence electrons. The average molecular weight is 278 g/mol. The molecule has 1 aromatic rings. The van der Waals surface area contributed by atoms with E-state index in [0.29, 0.717) is 0 Å². The lowest BCUT2D eigenvalue weighted by Crippen LogP contribution is -3.20. The molecule has 1 aromatic carbocycles. The Morgan fingerprint density at radius 2 is 1.95 bits per heavy atom. The van der Waals surface area contributed by atoms with E-state index in [4.69, 9.17) is 0 Å². The van der Waals surface area contributed by atoms with Gasteiger partial charge in [0.25, 0.3) is 0 Å². The van der Waals surface area contributed by atoms with Crippen LogP contribution in [0.15, 0.2) is 29.3 Å². The Labute approximate surface area is 120 Å². The van der Waals surface area contributed by atoms with Crippen LogP contribution in [0.4, 0.5) is 0 Å². The maximum absolute atomic E-state index is 4.64. The molecule has 19 heavy (non-hydrogen) atoms. The zero-order valence-electron chi connectivity index (χ0n) is 12.3. The van der Waals surface area contributed by atoms with E-state index in [9.17, 15) is 0 Å². The quantitative estimate of drug-likeness (QED) is 0.863. The van der Waals surface area contributed by atoms with Crippen LogP contribution in [0.3, 0.4) is 0 Å². The summed E-state index contributed by atoms with van der Waals surface area (Å²) in [5.41, 5.74) is 2.92. The van der Waals surface area contributed by atoms with Gasteiger partial charge in [0.05, 0.1) is 5.54 Å². The van der Waals surface area contributed by atoms with Gasteiger partial charge in [0, 0.05) is 5.75 Å². The number of quaternary nitrogens is 1. The molecule has 0 bridgehead atoms. The Balaban J connectivity index is 1.85. The largest absolute Gasteiger partial charge is 0.318 e. The standard InChI is InChI=1S/C15H23N3S/c1-12-5-7-13(8-6-12)9-19-14-16-10-18(11-17-14)15(2,3)4/h5-8H,9-11H2,1-4H3,(H,16,17)/p+1. The third kappa shape index (κ3) is 4.25. The lowest BCUT2D eigenvalue weighted by atomic mass is 10.1. The SMILES string of the molecule is Cc1ccc(CSC2=NC[NH+](C(C)(C)C)CN2)cc1. The van der Waals surface area contributed by atoms with Crippen LogP contribution in [-0.2, 0) is 5.75 Å². The number of hydrogen-bond donors (Lipinski definition) is 2. The number of hydrogen-bond acceptors (Lipinski definition) is 3. The van der Waals surface area contributed by atoms with Gasteiger partial charge < -0.3 is 5.32 Å². The maximum Gasteiger partial charge on any atom is 0.175 e. The second-order valence-corrected chi connectivity index (χ2v) is 7.07. The van der Waals surface area contributed by atoms with Crippen LogP contribution in [0.5, 0.6) is 0 Å². The summed E-state index contributed by atoms with van der Waals surface area (Å²) in [6.07, 6.45) is 0. The number of nitrogens with zero attached hydrogens (tertiary/aromatic N) is 1. The molecular formula is C15H24N3S+. The van der Waals surface area contributed by atoms with E-state index in [2.05, 4.69) is 62.3 Å². The molecule has 1 aliphatic heterocycles. The summed E-state index contributed by atoms with van der Waals surface area (Å²) >= 11 is 1.79. The Hall–Kier alpha value is -1.00. The van der Waals surface area contributed by atoms with Gasteiger partial charge in [-0.3, -0.25) is 4.90 Å². The van der Waals surface area contributed by atoms with E-state index >= 15 is 0 Å². The number of nitrogens with one attached hydrogen (secondary N) is 2. The molecule has 0 spiro atoms. The van der Waals surface area contributed by atoms with Crippen molar-refractivity contribution < 1.29 is 4.90 Å². The van der Waals surface area contributed by atoms with Crippen molar-refractivity contribution in [1.82, 2.24) is 5.32 Å². The van der Waals surface area contributed by atoms with Crippen LogP contribution >= 0.6 is 11.8 Å². The van der Waals surface area contributed by atoms with Gasteiger partial charge in [0.2, 0.25) is 0 Å². The Bertz CT molecular complexity index is 445. The second-order valence-electron chi connectivity index (χ2n) is 6.10. The van der Waals surface area contributed by atoms with E-state index in [-0.39, 0.29) is 5.54 Å². The lowest BCUT2D eigenvalue weighted by molar-refractivity contribution is -0.949. The molecule has 1 atom stereocenters. The van der Waals surface area contributed by atoms with Crippen LogP contribution in [-0.4, -0.2) is 24.0 Å². The number of benzene rings is 1. The van der Waals surface area contributed by atoms with Crippen LogP contribution in [0.2, 0.25) is 0 Å². The zero-order chi connectivity index (χ0) is 13.9. The first-order valence-corrected chi connectivity index (χ1v) is 7.75. The highest BCUT2D eigenvalue weighted by atomic mass is 32.2. The molecule has 1 aliphatic rings. The molecule has 2 rings (SSSR count). The van der Waals surface area contributed by atoms with Crippen molar-refractivity contribution in [2.45, 2.75) is 39.0 Å². The highest BCUT2D eigenvalue weighted by Crippen LogP contribution is 2.14. The molecule has 3 nitrogen and oxygen atoms in total. The van der Waals surface area contributed by atoms with Crippen molar-refractivity contribution >= 4 is 16.9 Å². The minimum atomic E-state index is 0.254. The summed E-state index contributed by atoms with van der Waals surface area (Å²) in [5.74, 6) is 0.983. The summed E-state index contributed by atoms with van der Waals surface area (Å²) in [6.45, 7) is 10.7. The Morgan fingerprint density at radius 3 is 2.47 bits per heavy atom.